The summed E-state index contributed by atoms with van der Waals surface area (Å²) in [4.78, 5) is 16.7. The number of hydrogen-bond acceptors (Lipinski definition) is 6. The number of rotatable bonds is 3. The van der Waals surface area contributed by atoms with Gasteiger partial charge in [-0.25, -0.2) is 0 Å². The van der Waals surface area contributed by atoms with E-state index in [4.69, 9.17) is 14.2 Å². The van der Waals surface area contributed by atoms with Crippen LogP contribution in [0.5, 0.6) is 11.5 Å². The molecule has 2 saturated heterocycles. The standard InChI is InChI=1S/C18H24N2O5/c21-17(14-1-2-15-16(11-14)25-10-9-24-15)20-4-3-18(22,13-20)12-19-5-7-23-8-6-19/h1-2,11,22H,3-10,12-13H2/t18-/m1/s1. The minimum absolute atomic E-state index is 0.0742. The zero-order chi connectivity index (χ0) is 17.3. The third-order valence-corrected chi connectivity index (χ3v) is 5.03. The van der Waals surface area contributed by atoms with Crippen LogP contribution in [-0.2, 0) is 4.74 Å². The first-order chi connectivity index (χ1) is 12.1. The van der Waals surface area contributed by atoms with Gasteiger partial charge in [0, 0.05) is 31.7 Å². The van der Waals surface area contributed by atoms with Gasteiger partial charge in [0.1, 0.15) is 13.2 Å². The molecule has 1 aromatic carbocycles. The summed E-state index contributed by atoms with van der Waals surface area (Å²) < 4.78 is 16.4. The molecule has 1 atom stereocenters. The maximum absolute atomic E-state index is 12.8. The van der Waals surface area contributed by atoms with Gasteiger partial charge in [-0.1, -0.05) is 0 Å². The molecule has 1 aromatic rings. The second kappa shape index (κ2) is 6.82. The van der Waals surface area contributed by atoms with E-state index in [-0.39, 0.29) is 5.91 Å². The van der Waals surface area contributed by atoms with E-state index in [2.05, 4.69) is 4.90 Å². The van der Waals surface area contributed by atoms with Gasteiger partial charge in [0.25, 0.3) is 5.91 Å². The minimum atomic E-state index is -0.846. The molecule has 0 aromatic heterocycles. The molecule has 3 aliphatic rings. The monoisotopic (exact) mass is 348 g/mol. The first kappa shape index (κ1) is 16.6. The zero-order valence-corrected chi connectivity index (χ0v) is 14.3. The lowest BCUT2D eigenvalue weighted by molar-refractivity contribution is -0.0257. The number of hydrogen-bond donors (Lipinski definition) is 1. The highest BCUT2D eigenvalue weighted by molar-refractivity contribution is 5.95. The topological polar surface area (TPSA) is 71.5 Å². The molecule has 3 heterocycles. The van der Waals surface area contributed by atoms with Crippen molar-refractivity contribution >= 4 is 5.91 Å². The molecule has 25 heavy (non-hydrogen) atoms. The van der Waals surface area contributed by atoms with Crippen LogP contribution in [-0.4, -0.2) is 85.6 Å². The number of carbonyl (C=O) groups excluding carboxylic acids is 1. The molecule has 0 unspecified atom stereocenters. The Labute approximate surface area is 147 Å². The molecule has 136 valence electrons. The maximum Gasteiger partial charge on any atom is 0.254 e. The number of β-amino-alcohol motifs (C(OH)–C–C–N with tert-alkyl or cyclic N) is 1. The van der Waals surface area contributed by atoms with Crippen LogP contribution in [0, 0.1) is 0 Å². The molecule has 1 amide bonds. The second-order valence-corrected chi connectivity index (χ2v) is 6.95. The summed E-state index contributed by atoms with van der Waals surface area (Å²) in [5.74, 6) is 1.21. The molecule has 0 radical (unpaired) electrons. The maximum atomic E-state index is 12.8. The van der Waals surface area contributed by atoms with Crippen molar-refractivity contribution in [2.45, 2.75) is 12.0 Å². The Kier molecular flexibility index (Phi) is 4.54. The number of nitrogens with zero attached hydrogens (tertiary/aromatic N) is 2. The summed E-state index contributed by atoms with van der Waals surface area (Å²) in [6.07, 6.45) is 0.598. The van der Waals surface area contributed by atoms with Gasteiger partial charge in [0.05, 0.1) is 25.4 Å². The first-order valence-corrected chi connectivity index (χ1v) is 8.84. The molecule has 3 aliphatic heterocycles. The number of carbonyl (C=O) groups is 1. The van der Waals surface area contributed by atoms with Crippen molar-refractivity contribution in [3.05, 3.63) is 23.8 Å². The van der Waals surface area contributed by atoms with E-state index in [1.807, 2.05) is 0 Å². The molecule has 2 fully saturated rings. The Morgan fingerprint density at radius 2 is 1.84 bits per heavy atom. The van der Waals surface area contributed by atoms with Crippen LogP contribution < -0.4 is 9.47 Å². The van der Waals surface area contributed by atoms with Crippen molar-refractivity contribution in [1.82, 2.24) is 9.80 Å². The number of amides is 1. The number of morpholine rings is 1. The molecular weight excluding hydrogens is 324 g/mol. The third kappa shape index (κ3) is 3.58. The van der Waals surface area contributed by atoms with Crippen LogP contribution in [0.2, 0.25) is 0 Å². The quantitative estimate of drug-likeness (QED) is 0.851. The molecule has 0 saturated carbocycles. The molecule has 7 heteroatoms. The van der Waals surface area contributed by atoms with E-state index in [9.17, 15) is 9.90 Å². The minimum Gasteiger partial charge on any atom is -0.486 e. The lowest BCUT2D eigenvalue weighted by Crippen LogP contribution is -2.49. The number of fused-ring (bicyclic) bond motifs is 1. The van der Waals surface area contributed by atoms with Crippen molar-refractivity contribution in [2.24, 2.45) is 0 Å². The fourth-order valence-electron chi connectivity index (χ4n) is 3.69. The van der Waals surface area contributed by atoms with E-state index in [0.29, 0.717) is 69.5 Å². The highest BCUT2D eigenvalue weighted by Crippen LogP contribution is 2.32. The summed E-state index contributed by atoms with van der Waals surface area (Å²) in [5, 5.41) is 10.9. The summed E-state index contributed by atoms with van der Waals surface area (Å²) >= 11 is 0. The van der Waals surface area contributed by atoms with Gasteiger partial charge >= 0.3 is 0 Å². The number of benzene rings is 1. The fraction of sp³-hybridized carbons (Fsp3) is 0.611. The highest BCUT2D eigenvalue weighted by atomic mass is 16.6. The van der Waals surface area contributed by atoms with Crippen molar-refractivity contribution in [1.29, 1.82) is 0 Å². The summed E-state index contributed by atoms with van der Waals surface area (Å²) in [6, 6.07) is 5.27. The van der Waals surface area contributed by atoms with Gasteiger partial charge in [-0.2, -0.15) is 0 Å². The van der Waals surface area contributed by atoms with Gasteiger partial charge in [-0.3, -0.25) is 9.69 Å². The molecule has 7 nitrogen and oxygen atoms in total. The average molecular weight is 348 g/mol. The lowest BCUT2D eigenvalue weighted by atomic mass is 10.0. The van der Waals surface area contributed by atoms with Crippen LogP contribution in [0.3, 0.4) is 0 Å². The summed E-state index contributed by atoms with van der Waals surface area (Å²) in [5.41, 5.74) is -0.277. The Morgan fingerprint density at radius 1 is 1.08 bits per heavy atom. The van der Waals surface area contributed by atoms with Crippen molar-refractivity contribution in [3.63, 3.8) is 0 Å². The first-order valence-electron chi connectivity index (χ1n) is 8.84. The Hall–Kier alpha value is -1.83. The molecule has 4 rings (SSSR count). The van der Waals surface area contributed by atoms with Gasteiger partial charge in [0.15, 0.2) is 11.5 Å². The Balaban J connectivity index is 1.41. The summed E-state index contributed by atoms with van der Waals surface area (Å²) in [6.45, 7) is 5.60. The molecule has 0 bridgehead atoms. The van der Waals surface area contributed by atoms with E-state index < -0.39 is 5.60 Å². The predicted octanol–water partition coefficient (Wildman–Crippen LogP) is 0.367. The van der Waals surface area contributed by atoms with Gasteiger partial charge in [-0.05, 0) is 24.6 Å². The highest BCUT2D eigenvalue weighted by Gasteiger charge is 2.40. The van der Waals surface area contributed by atoms with Crippen LogP contribution >= 0.6 is 0 Å². The van der Waals surface area contributed by atoms with Gasteiger partial charge < -0.3 is 24.2 Å². The summed E-state index contributed by atoms with van der Waals surface area (Å²) in [7, 11) is 0. The number of aliphatic hydroxyl groups is 1. The van der Waals surface area contributed by atoms with Gasteiger partial charge in [0.2, 0.25) is 0 Å². The zero-order valence-electron chi connectivity index (χ0n) is 14.3. The van der Waals surface area contributed by atoms with E-state index in [1.165, 1.54) is 0 Å². The molecular formula is C18H24N2O5. The third-order valence-electron chi connectivity index (χ3n) is 5.03. The van der Waals surface area contributed by atoms with Gasteiger partial charge in [-0.15, -0.1) is 0 Å². The Bertz CT molecular complexity index is 646. The van der Waals surface area contributed by atoms with Crippen LogP contribution in [0.15, 0.2) is 18.2 Å². The van der Waals surface area contributed by atoms with Crippen molar-refractivity contribution in [2.75, 3.05) is 59.2 Å². The Morgan fingerprint density at radius 3 is 2.64 bits per heavy atom. The molecule has 0 aliphatic carbocycles. The molecule has 0 spiro atoms. The number of ether oxygens (including phenoxy) is 3. The van der Waals surface area contributed by atoms with Crippen LogP contribution in [0.4, 0.5) is 0 Å². The lowest BCUT2D eigenvalue weighted by Gasteiger charge is -2.33. The number of likely N-dealkylation sites (tertiary alicyclic amines) is 1. The predicted molar refractivity (Wildman–Crippen MR) is 90.2 cm³/mol. The second-order valence-electron chi connectivity index (χ2n) is 6.95. The normalized spacial score (nSPS) is 26.7. The van der Waals surface area contributed by atoms with E-state index in [1.54, 1.807) is 23.1 Å². The van der Waals surface area contributed by atoms with E-state index in [0.717, 1.165) is 13.1 Å². The fourth-order valence-corrected chi connectivity index (χ4v) is 3.69. The van der Waals surface area contributed by atoms with Crippen molar-refractivity contribution < 1.29 is 24.1 Å². The van der Waals surface area contributed by atoms with Crippen molar-refractivity contribution in [3.8, 4) is 11.5 Å². The molecule has 1 N–H and O–H groups in total. The largest absolute Gasteiger partial charge is 0.486 e. The van der Waals surface area contributed by atoms with E-state index >= 15 is 0 Å². The van der Waals surface area contributed by atoms with Crippen LogP contribution in [0.25, 0.3) is 0 Å². The smallest absolute Gasteiger partial charge is 0.254 e. The average Bonchev–Trinajstić information content (AvgIpc) is 3.03. The SMILES string of the molecule is O=C(c1ccc2c(c1)OCCO2)N1CC[C@@](O)(CN2CCOCC2)C1. The van der Waals surface area contributed by atoms with Crippen LogP contribution in [0.1, 0.15) is 16.8 Å².